The van der Waals surface area contributed by atoms with Crippen LogP contribution in [0.5, 0.6) is 0 Å². The molecule has 0 radical (unpaired) electrons. The van der Waals surface area contributed by atoms with Crippen LogP contribution in [0.2, 0.25) is 0 Å². The number of sulfonamides is 1. The van der Waals surface area contributed by atoms with Crippen molar-refractivity contribution in [1.82, 2.24) is 9.29 Å². The topological polar surface area (TPSA) is 50.3 Å². The van der Waals surface area contributed by atoms with Gasteiger partial charge in [-0.2, -0.15) is 4.31 Å². The maximum absolute atomic E-state index is 11.6. The van der Waals surface area contributed by atoms with Crippen molar-refractivity contribution in [2.45, 2.75) is 13.5 Å². The highest BCUT2D eigenvalue weighted by Crippen LogP contribution is 2.20. The molecule has 2 aromatic rings. The fourth-order valence-corrected chi connectivity index (χ4v) is 2.91. The summed E-state index contributed by atoms with van der Waals surface area (Å²) in [5.74, 6) is 0. The molecule has 1 aromatic heterocycles. The van der Waals surface area contributed by atoms with Crippen LogP contribution in [0.15, 0.2) is 48.8 Å². The standard InChI is InChI=1S/C15H18N2O2S/c1-3-17(20(2,18)19)12-13-5-4-6-15(11-13)14-7-9-16-10-8-14/h4-11H,3,12H2,1-2H3. The van der Waals surface area contributed by atoms with Crippen LogP contribution in [-0.2, 0) is 16.6 Å². The van der Waals surface area contributed by atoms with Crippen molar-refractivity contribution < 1.29 is 8.42 Å². The van der Waals surface area contributed by atoms with Gasteiger partial charge in [-0.3, -0.25) is 4.98 Å². The van der Waals surface area contributed by atoms with E-state index < -0.39 is 10.0 Å². The summed E-state index contributed by atoms with van der Waals surface area (Å²) in [7, 11) is -3.17. The number of aromatic nitrogens is 1. The first kappa shape index (κ1) is 14.7. The van der Waals surface area contributed by atoms with Gasteiger partial charge in [0, 0.05) is 25.5 Å². The Morgan fingerprint density at radius 2 is 1.80 bits per heavy atom. The monoisotopic (exact) mass is 290 g/mol. The van der Waals surface area contributed by atoms with E-state index in [1.165, 1.54) is 10.6 Å². The van der Waals surface area contributed by atoms with Gasteiger partial charge in [-0.1, -0.05) is 25.1 Å². The largest absolute Gasteiger partial charge is 0.265 e. The second kappa shape index (κ2) is 6.15. The first-order chi connectivity index (χ1) is 9.50. The lowest BCUT2D eigenvalue weighted by Gasteiger charge is -2.18. The molecule has 0 aliphatic carbocycles. The second-order valence-corrected chi connectivity index (χ2v) is 6.61. The Morgan fingerprint density at radius 1 is 1.10 bits per heavy atom. The molecule has 0 amide bonds. The fraction of sp³-hybridized carbons (Fsp3) is 0.267. The van der Waals surface area contributed by atoms with Crippen LogP contribution in [0.25, 0.3) is 11.1 Å². The third-order valence-electron chi connectivity index (χ3n) is 3.12. The van der Waals surface area contributed by atoms with Crippen molar-refractivity contribution in [1.29, 1.82) is 0 Å². The minimum absolute atomic E-state index is 0.397. The van der Waals surface area contributed by atoms with Gasteiger partial charge in [0.1, 0.15) is 0 Å². The van der Waals surface area contributed by atoms with Crippen LogP contribution in [0.4, 0.5) is 0 Å². The Bertz CT molecular complexity index is 669. The maximum Gasteiger partial charge on any atom is 0.211 e. The molecule has 0 atom stereocenters. The number of hydrogen-bond acceptors (Lipinski definition) is 3. The fourth-order valence-electron chi connectivity index (χ4n) is 2.06. The van der Waals surface area contributed by atoms with E-state index in [1.54, 1.807) is 12.4 Å². The van der Waals surface area contributed by atoms with Gasteiger partial charge >= 0.3 is 0 Å². The molecule has 4 nitrogen and oxygen atoms in total. The zero-order chi connectivity index (χ0) is 14.6. The molecule has 0 spiro atoms. The summed E-state index contributed by atoms with van der Waals surface area (Å²) in [6, 6.07) is 11.8. The lowest BCUT2D eigenvalue weighted by atomic mass is 10.0. The van der Waals surface area contributed by atoms with Gasteiger partial charge in [-0.05, 0) is 34.9 Å². The van der Waals surface area contributed by atoms with Crippen molar-refractivity contribution in [2.24, 2.45) is 0 Å². The molecule has 0 saturated heterocycles. The van der Waals surface area contributed by atoms with Crippen molar-refractivity contribution in [3.8, 4) is 11.1 Å². The molecular weight excluding hydrogens is 272 g/mol. The minimum Gasteiger partial charge on any atom is -0.265 e. The zero-order valence-corrected chi connectivity index (χ0v) is 12.5. The summed E-state index contributed by atoms with van der Waals surface area (Å²) in [6.07, 6.45) is 4.73. The van der Waals surface area contributed by atoms with Gasteiger partial charge in [0.2, 0.25) is 10.0 Å². The molecule has 106 valence electrons. The molecule has 0 saturated carbocycles. The molecule has 0 bridgehead atoms. The molecule has 5 heteroatoms. The highest BCUT2D eigenvalue weighted by atomic mass is 32.2. The van der Waals surface area contributed by atoms with E-state index in [0.29, 0.717) is 13.1 Å². The lowest BCUT2D eigenvalue weighted by Crippen LogP contribution is -2.29. The molecule has 2 rings (SSSR count). The molecule has 0 fully saturated rings. The van der Waals surface area contributed by atoms with E-state index in [2.05, 4.69) is 4.98 Å². The Kier molecular flexibility index (Phi) is 4.52. The first-order valence-corrected chi connectivity index (χ1v) is 8.30. The van der Waals surface area contributed by atoms with Crippen molar-refractivity contribution in [3.05, 3.63) is 54.4 Å². The van der Waals surface area contributed by atoms with Gasteiger partial charge in [-0.15, -0.1) is 0 Å². The van der Waals surface area contributed by atoms with Gasteiger partial charge in [0.15, 0.2) is 0 Å². The van der Waals surface area contributed by atoms with E-state index in [4.69, 9.17) is 0 Å². The van der Waals surface area contributed by atoms with E-state index >= 15 is 0 Å². The predicted molar refractivity (Wildman–Crippen MR) is 80.6 cm³/mol. The van der Waals surface area contributed by atoms with Crippen molar-refractivity contribution in [2.75, 3.05) is 12.8 Å². The number of nitrogens with zero attached hydrogens (tertiary/aromatic N) is 2. The highest BCUT2D eigenvalue weighted by molar-refractivity contribution is 7.88. The predicted octanol–water partition coefficient (Wildman–Crippen LogP) is 2.53. The van der Waals surface area contributed by atoms with Gasteiger partial charge < -0.3 is 0 Å². The molecule has 0 aliphatic rings. The molecular formula is C15H18N2O2S. The van der Waals surface area contributed by atoms with Crippen LogP contribution in [0.1, 0.15) is 12.5 Å². The molecule has 0 unspecified atom stereocenters. The molecule has 20 heavy (non-hydrogen) atoms. The smallest absolute Gasteiger partial charge is 0.211 e. The first-order valence-electron chi connectivity index (χ1n) is 6.45. The average molecular weight is 290 g/mol. The number of benzene rings is 1. The summed E-state index contributed by atoms with van der Waals surface area (Å²) in [6.45, 7) is 2.71. The maximum atomic E-state index is 11.6. The highest BCUT2D eigenvalue weighted by Gasteiger charge is 2.14. The Balaban J connectivity index is 2.27. The van der Waals surface area contributed by atoms with Gasteiger partial charge in [0.25, 0.3) is 0 Å². The third kappa shape index (κ3) is 3.65. The van der Waals surface area contributed by atoms with Crippen LogP contribution in [0.3, 0.4) is 0 Å². The summed E-state index contributed by atoms with van der Waals surface area (Å²) in [5.41, 5.74) is 3.12. The van der Waals surface area contributed by atoms with Crippen LogP contribution >= 0.6 is 0 Å². The molecule has 1 aromatic carbocycles. The third-order valence-corrected chi connectivity index (χ3v) is 4.45. The Morgan fingerprint density at radius 3 is 2.40 bits per heavy atom. The summed E-state index contributed by atoms with van der Waals surface area (Å²) < 4.78 is 24.7. The SMILES string of the molecule is CCN(Cc1cccc(-c2ccncc2)c1)S(C)(=O)=O. The van der Waals surface area contributed by atoms with Crippen molar-refractivity contribution in [3.63, 3.8) is 0 Å². The van der Waals surface area contributed by atoms with Crippen LogP contribution < -0.4 is 0 Å². The average Bonchev–Trinajstić information content (AvgIpc) is 2.45. The number of rotatable bonds is 5. The van der Waals surface area contributed by atoms with Crippen molar-refractivity contribution >= 4 is 10.0 Å². The Hall–Kier alpha value is -1.72. The minimum atomic E-state index is -3.17. The van der Waals surface area contributed by atoms with Gasteiger partial charge in [0.05, 0.1) is 6.26 Å². The summed E-state index contributed by atoms with van der Waals surface area (Å²) in [4.78, 5) is 4.00. The molecule has 0 aliphatic heterocycles. The zero-order valence-electron chi connectivity index (χ0n) is 11.7. The van der Waals surface area contributed by atoms with E-state index in [0.717, 1.165) is 16.7 Å². The molecule has 1 heterocycles. The van der Waals surface area contributed by atoms with Crippen LogP contribution in [0, 0.1) is 0 Å². The Labute approximate surface area is 120 Å². The molecule has 0 N–H and O–H groups in total. The lowest BCUT2D eigenvalue weighted by molar-refractivity contribution is 0.428. The second-order valence-electron chi connectivity index (χ2n) is 4.63. The summed E-state index contributed by atoms with van der Waals surface area (Å²) in [5, 5.41) is 0. The van der Waals surface area contributed by atoms with E-state index in [9.17, 15) is 8.42 Å². The van der Waals surface area contributed by atoms with E-state index in [-0.39, 0.29) is 0 Å². The van der Waals surface area contributed by atoms with Crippen LogP contribution in [-0.4, -0.2) is 30.5 Å². The van der Waals surface area contributed by atoms with Gasteiger partial charge in [-0.25, -0.2) is 8.42 Å². The number of pyridine rings is 1. The number of hydrogen-bond donors (Lipinski definition) is 0. The van der Waals surface area contributed by atoms with E-state index in [1.807, 2.05) is 43.3 Å². The normalized spacial score (nSPS) is 11.8. The quantitative estimate of drug-likeness (QED) is 0.850. The summed E-state index contributed by atoms with van der Waals surface area (Å²) >= 11 is 0.